The Morgan fingerprint density at radius 2 is 1.75 bits per heavy atom. The Morgan fingerprint density at radius 1 is 1.06 bits per heavy atom. The number of nitrogens with one attached hydrogen (secondary N) is 2. The zero-order valence-electron chi connectivity index (χ0n) is 21.2. The minimum Gasteiger partial charge on any atom is -0.495 e. The smallest absolute Gasteiger partial charge is 0.322 e. The molecular weight excluding hydrogens is 501 g/mol. The minimum absolute atomic E-state index is 0.171. The molecule has 0 bridgehead atoms. The monoisotopic (exact) mass is 531 g/mol. The Morgan fingerprint density at radius 3 is 2.36 bits per heavy atom. The number of methoxy groups -OCH3 is 1. The molecule has 3 rings (SSSR count). The molecule has 0 spiro atoms. The summed E-state index contributed by atoms with van der Waals surface area (Å²) in [5.74, 6) is 0.608. The van der Waals surface area contributed by atoms with Gasteiger partial charge in [0.25, 0.3) is 0 Å². The van der Waals surface area contributed by atoms with Crippen LogP contribution in [0.2, 0.25) is 10.0 Å². The molecule has 8 nitrogen and oxygen atoms in total. The summed E-state index contributed by atoms with van der Waals surface area (Å²) in [6.07, 6.45) is 0. The molecule has 0 saturated heterocycles. The third-order valence-electron chi connectivity index (χ3n) is 5.44. The molecule has 3 amide bonds. The van der Waals surface area contributed by atoms with Gasteiger partial charge in [0.15, 0.2) is 0 Å². The molecule has 1 aromatic heterocycles. The van der Waals surface area contributed by atoms with Crippen molar-refractivity contribution in [3.63, 3.8) is 0 Å². The van der Waals surface area contributed by atoms with Crippen molar-refractivity contribution in [2.45, 2.75) is 46.1 Å². The Hall–Kier alpha value is -3.23. The average Bonchev–Trinajstić information content (AvgIpc) is 3.23. The molecule has 0 atom stereocenters. The number of urea groups is 1. The second kappa shape index (κ2) is 11.2. The Labute approximate surface area is 221 Å². The number of hydrogen-bond acceptors (Lipinski definition) is 4. The minimum atomic E-state index is -0.418. The van der Waals surface area contributed by atoms with Gasteiger partial charge < -0.3 is 20.3 Å². The van der Waals surface area contributed by atoms with Crippen molar-refractivity contribution in [2.75, 3.05) is 24.3 Å². The highest BCUT2D eigenvalue weighted by Gasteiger charge is 2.25. The Bertz CT molecular complexity index is 1250. The van der Waals surface area contributed by atoms with E-state index in [0.717, 1.165) is 5.69 Å². The normalized spacial score (nSPS) is 11.4. The first-order valence-electron chi connectivity index (χ1n) is 11.5. The van der Waals surface area contributed by atoms with Gasteiger partial charge in [-0.1, -0.05) is 56.1 Å². The lowest BCUT2D eigenvalue weighted by Gasteiger charge is -2.26. The Kier molecular flexibility index (Phi) is 8.53. The van der Waals surface area contributed by atoms with E-state index >= 15 is 0 Å². The number of aromatic nitrogens is 2. The van der Waals surface area contributed by atoms with Gasteiger partial charge in [0.1, 0.15) is 18.1 Å². The van der Waals surface area contributed by atoms with Crippen LogP contribution in [0.15, 0.2) is 48.5 Å². The van der Waals surface area contributed by atoms with Crippen LogP contribution in [0, 0.1) is 0 Å². The number of carbonyl (C=O) groups is 2. The number of para-hydroxylation sites is 2. The fourth-order valence-electron chi connectivity index (χ4n) is 3.41. The standard InChI is InChI=1S/C26H31Cl2N5O3/c1-16(2)32(25(35)29-20-9-7-8-10-21(20)36-6)15-24(34)30-23-14-22(26(3,4)5)31-33(23)17-11-12-18(27)19(28)13-17/h7-14,16H,15H2,1-6H3,(H,29,35)(H,30,34). The van der Waals surface area contributed by atoms with Crippen molar-refractivity contribution >= 4 is 46.6 Å². The van der Waals surface area contributed by atoms with Crippen LogP contribution in [0.5, 0.6) is 5.75 Å². The second-order valence-corrected chi connectivity index (χ2v) is 10.4. The number of amides is 3. The van der Waals surface area contributed by atoms with Gasteiger partial charge in [0.2, 0.25) is 5.91 Å². The van der Waals surface area contributed by atoms with E-state index in [0.29, 0.717) is 33.0 Å². The van der Waals surface area contributed by atoms with Crippen molar-refractivity contribution in [1.82, 2.24) is 14.7 Å². The lowest BCUT2D eigenvalue weighted by molar-refractivity contribution is -0.117. The number of anilines is 2. The third kappa shape index (κ3) is 6.50. The van der Waals surface area contributed by atoms with Gasteiger partial charge in [-0.3, -0.25) is 4.79 Å². The number of halogens is 2. The molecule has 3 aromatic rings. The van der Waals surface area contributed by atoms with E-state index in [1.165, 1.54) is 12.0 Å². The summed E-state index contributed by atoms with van der Waals surface area (Å²) in [5.41, 5.74) is 1.67. The fourth-order valence-corrected chi connectivity index (χ4v) is 3.70. The lowest BCUT2D eigenvalue weighted by atomic mass is 9.92. The molecule has 0 unspecified atom stereocenters. The van der Waals surface area contributed by atoms with E-state index in [-0.39, 0.29) is 23.9 Å². The summed E-state index contributed by atoms with van der Waals surface area (Å²) in [6.45, 7) is 9.60. The average molecular weight is 532 g/mol. The fraction of sp³-hybridized carbons (Fsp3) is 0.346. The number of carbonyl (C=O) groups excluding carboxylic acids is 2. The van der Waals surface area contributed by atoms with Gasteiger partial charge in [-0.15, -0.1) is 0 Å². The van der Waals surface area contributed by atoms with E-state index in [1.807, 2.05) is 46.8 Å². The highest BCUT2D eigenvalue weighted by atomic mass is 35.5. The van der Waals surface area contributed by atoms with Crippen LogP contribution in [0.25, 0.3) is 5.69 Å². The summed E-state index contributed by atoms with van der Waals surface area (Å²) in [6, 6.07) is 13.4. The van der Waals surface area contributed by atoms with Crippen molar-refractivity contribution in [2.24, 2.45) is 0 Å². The van der Waals surface area contributed by atoms with E-state index < -0.39 is 6.03 Å². The summed E-state index contributed by atoms with van der Waals surface area (Å²) >= 11 is 12.3. The molecule has 0 aliphatic rings. The van der Waals surface area contributed by atoms with Crippen LogP contribution >= 0.6 is 23.2 Å². The summed E-state index contributed by atoms with van der Waals surface area (Å²) in [5, 5.41) is 11.2. The zero-order valence-corrected chi connectivity index (χ0v) is 22.7. The lowest BCUT2D eigenvalue weighted by Crippen LogP contribution is -2.44. The first-order chi connectivity index (χ1) is 16.9. The predicted molar refractivity (Wildman–Crippen MR) is 145 cm³/mol. The van der Waals surface area contributed by atoms with Gasteiger partial charge >= 0.3 is 6.03 Å². The SMILES string of the molecule is COc1ccccc1NC(=O)N(CC(=O)Nc1cc(C(C)(C)C)nn1-c1ccc(Cl)c(Cl)c1)C(C)C. The number of ether oxygens (including phenoxy) is 1. The summed E-state index contributed by atoms with van der Waals surface area (Å²) in [7, 11) is 1.53. The largest absolute Gasteiger partial charge is 0.495 e. The maximum Gasteiger partial charge on any atom is 0.322 e. The highest BCUT2D eigenvalue weighted by molar-refractivity contribution is 6.42. The molecule has 10 heteroatoms. The molecule has 0 fully saturated rings. The van der Waals surface area contributed by atoms with E-state index in [2.05, 4.69) is 10.6 Å². The van der Waals surface area contributed by atoms with Crippen LogP contribution in [0.3, 0.4) is 0 Å². The topological polar surface area (TPSA) is 88.5 Å². The molecule has 0 saturated carbocycles. The first-order valence-corrected chi connectivity index (χ1v) is 12.2. The highest BCUT2D eigenvalue weighted by Crippen LogP contribution is 2.30. The molecular formula is C26H31Cl2N5O3. The summed E-state index contributed by atoms with van der Waals surface area (Å²) < 4.78 is 6.91. The number of nitrogens with zero attached hydrogens (tertiary/aromatic N) is 3. The quantitative estimate of drug-likeness (QED) is 0.370. The van der Waals surface area contributed by atoms with Crippen molar-refractivity contribution in [1.29, 1.82) is 0 Å². The molecule has 1 heterocycles. The summed E-state index contributed by atoms with van der Waals surface area (Å²) in [4.78, 5) is 27.6. The number of rotatable bonds is 7. The third-order valence-corrected chi connectivity index (χ3v) is 6.18. The molecule has 192 valence electrons. The van der Waals surface area contributed by atoms with Crippen LogP contribution < -0.4 is 15.4 Å². The van der Waals surface area contributed by atoms with Crippen molar-refractivity contribution in [3.8, 4) is 11.4 Å². The van der Waals surface area contributed by atoms with Gasteiger partial charge in [-0.05, 0) is 44.2 Å². The van der Waals surface area contributed by atoms with Crippen LogP contribution in [0.1, 0.15) is 40.3 Å². The maximum absolute atomic E-state index is 13.1. The number of hydrogen-bond donors (Lipinski definition) is 2. The predicted octanol–water partition coefficient (Wildman–Crippen LogP) is 6.37. The van der Waals surface area contributed by atoms with E-state index in [4.69, 9.17) is 33.0 Å². The molecule has 0 aliphatic heterocycles. The molecule has 0 radical (unpaired) electrons. The molecule has 36 heavy (non-hydrogen) atoms. The van der Waals surface area contributed by atoms with Gasteiger partial charge in [0.05, 0.1) is 34.2 Å². The molecule has 2 N–H and O–H groups in total. The zero-order chi connectivity index (χ0) is 26.6. The van der Waals surface area contributed by atoms with E-state index in [9.17, 15) is 9.59 Å². The molecule has 0 aliphatic carbocycles. The number of benzene rings is 2. The Balaban J connectivity index is 1.84. The van der Waals surface area contributed by atoms with Crippen LogP contribution in [0.4, 0.5) is 16.3 Å². The van der Waals surface area contributed by atoms with Crippen LogP contribution in [-0.4, -0.2) is 46.3 Å². The van der Waals surface area contributed by atoms with E-state index in [1.54, 1.807) is 41.1 Å². The van der Waals surface area contributed by atoms with Crippen molar-refractivity contribution < 1.29 is 14.3 Å². The van der Waals surface area contributed by atoms with Gasteiger partial charge in [0, 0.05) is 17.5 Å². The van der Waals surface area contributed by atoms with Crippen molar-refractivity contribution in [3.05, 3.63) is 64.3 Å². The van der Waals surface area contributed by atoms with Gasteiger partial charge in [-0.2, -0.15) is 5.10 Å². The van der Waals surface area contributed by atoms with Gasteiger partial charge in [-0.25, -0.2) is 9.48 Å². The molecule has 2 aromatic carbocycles. The maximum atomic E-state index is 13.1. The first kappa shape index (κ1) is 27.4. The second-order valence-electron chi connectivity index (χ2n) is 9.58. The van der Waals surface area contributed by atoms with Crippen LogP contribution in [-0.2, 0) is 10.2 Å².